The number of carbonyl (C=O) groups excluding carboxylic acids is 1. The summed E-state index contributed by atoms with van der Waals surface area (Å²) in [6.07, 6.45) is 1.16. The molecular formula is C30H34N2O6S. The van der Waals surface area contributed by atoms with E-state index in [1.165, 1.54) is 23.5 Å². The number of amides is 1. The summed E-state index contributed by atoms with van der Waals surface area (Å²) in [4.78, 5) is 13.8. The van der Waals surface area contributed by atoms with Crippen LogP contribution in [0.25, 0.3) is 0 Å². The van der Waals surface area contributed by atoms with Crippen LogP contribution in [0.4, 0.5) is 5.69 Å². The van der Waals surface area contributed by atoms with Crippen molar-refractivity contribution in [2.75, 3.05) is 18.0 Å². The van der Waals surface area contributed by atoms with Gasteiger partial charge >= 0.3 is 0 Å². The average Bonchev–Trinajstić information content (AvgIpc) is 2.96. The van der Waals surface area contributed by atoms with E-state index in [1.54, 1.807) is 24.3 Å². The van der Waals surface area contributed by atoms with Crippen LogP contribution < -0.4 is 23.8 Å². The molecule has 2 aliphatic rings. The SMILES string of the molecule is CCC1(CC)CC(NC(=O)C2CN(S(=O)(=O)c3ccc(OC)cc3)c3cc(C)ccc3O2)c2ccccc2O1. The Morgan fingerprint density at radius 1 is 1.05 bits per heavy atom. The molecule has 0 fully saturated rings. The molecule has 5 rings (SSSR count). The van der Waals surface area contributed by atoms with E-state index >= 15 is 0 Å². The van der Waals surface area contributed by atoms with Crippen LogP contribution >= 0.6 is 0 Å². The van der Waals surface area contributed by atoms with Gasteiger partial charge in [-0.05, 0) is 67.8 Å². The highest BCUT2D eigenvalue weighted by Crippen LogP contribution is 2.43. The summed E-state index contributed by atoms with van der Waals surface area (Å²) < 4.78 is 46.6. The van der Waals surface area contributed by atoms with Crippen molar-refractivity contribution in [2.45, 2.75) is 62.7 Å². The number of rotatable bonds is 7. The number of anilines is 1. The lowest BCUT2D eigenvalue weighted by molar-refractivity contribution is -0.129. The normalized spacial score (nSPS) is 19.6. The number of nitrogens with one attached hydrogen (secondary N) is 1. The number of nitrogens with zero attached hydrogens (tertiary/aromatic N) is 1. The van der Waals surface area contributed by atoms with Crippen molar-refractivity contribution >= 4 is 21.6 Å². The summed E-state index contributed by atoms with van der Waals surface area (Å²) in [6, 6.07) is 18.9. The quantitative estimate of drug-likeness (QED) is 0.437. The number of benzene rings is 3. The van der Waals surface area contributed by atoms with Crippen molar-refractivity contribution in [3.8, 4) is 17.2 Å². The molecule has 0 radical (unpaired) electrons. The van der Waals surface area contributed by atoms with E-state index in [9.17, 15) is 13.2 Å². The molecule has 0 bridgehead atoms. The van der Waals surface area contributed by atoms with Crippen LogP contribution in [-0.2, 0) is 14.8 Å². The zero-order valence-corrected chi connectivity index (χ0v) is 23.5. The largest absolute Gasteiger partial charge is 0.497 e. The maximum absolute atomic E-state index is 13.8. The Morgan fingerprint density at radius 2 is 1.77 bits per heavy atom. The van der Waals surface area contributed by atoms with E-state index < -0.39 is 21.7 Å². The minimum atomic E-state index is -3.99. The summed E-state index contributed by atoms with van der Waals surface area (Å²) >= 11 is 0. The number of hydrogen-bond acceptors (Lipinski definition) is 6. The number of hydrogen-bond donors (Lipinski definition) is 1. The van der Waals surface area contributed by atoms with Crippen molar-refractivity contribution in [1.82, 2.24) is 5.32 Å². The summed E-state index contributed by atoms with van der Waals surface area (Å²) in [6.45, 7) is 5.89. The molecule has 3 aromatic carbocycles. The Morgan fingerprint density at radius 3 is 2.46 bits per heavy atom. The summed E-state index contributed by atoms with van der Waals surface area (Å²) in [5.74, 6) is 1.27. The van der Waals surface area contributed by atoms with Gasteiger partial charge in [0, 0.05) is 12.0 Å². The van der Waals surface area contributed by atoms with Gasteiger partial charge in [0.15, 0.2) is 6.10 Å². The second-order valence-corrected chi connectivity index (χ2v) is 11.9. The monoisotopic (exact) mass is 550 g/mol. The molecule has 8 nitrogen and oxygen atoms in total. The highest BCUT2D eigenvalue weighted by molar-refractivity contribution is 7.92. The van der Waals surface area contributed by atoms with Crippen LogP contribution in [-0.4, -0.2) is 39.7 Å². The van der Waals surface area contributed by atoms with E-state index in [4.69, 9.17) is 14.2 Å². The van der Waals surface area contributed by atoms with E-state index in [2.05, 4.69) is 19.2 Å². The first-order valence-corrected chi connectivity index (χ1v) is 14.7. The third kappa shape index (κ3) is 5.03. The lowest BCUT2D eigenvalue weighted by atomic mass is 9.83. The first kappa shape index (κ1) is 26.9. The van der Waals surface area contributed by atoms with Crippen molar-refractivity contribution in [2.24, 2.45) is 0 Å². The van der Waals surface area contributed by atoms with Crippen molar-refractivity contribution < 1.29 is 27.4 Å². The molecular weight excluding hydrogens is 516 g/mol. The van der Waals surface area contributed by atoms with E-state index in [0.29, 0.717) is 23.6 Å². The number of para-hydroxylation sites is 1. The predicted octanol–water partition coefficient (Wildman–Crippen LogP) is 5.16. The lowest BCUT2D eigenvalue weighted by Gasteiger charge is -2.42. The molecule has 2 heterocycles. The third-order valence-electron chi connectivity index (χ3n) is 7.73. The van der Waals surface area contributed by atoms with Gasteiger partial charge < -0.3 is 19.5 Å². The Labute approximate surface area is 229 Å². The number of methoxy groups -OCH3 is 1. The number of ether oxygens (including phenoxy) is 3. The lowest BCUT2D eigenvalue weighted by Crippen LogP contribution is -2.52. The second-order valence-electron chi connectivity index (χ2n) is 10.1. The molecule has 2 unspecified atom stereocenters. The molecule has 1 amide bonds. The Balaban J connectivity index is 1.46. The molecule has 0 spiro atoms. The molecule has 0 saturated heterocycles. The molecule has 9 heteroatoms. The third-order valence-corrected chi connectivity index (χ3v) is 9.52. The maximum Gasteiger partial charge on any atom is 0.264 e. The average molecular weight is 551 g/mol. The molecule has 1 N–H and O–H groups in total. The Bertz CT molecular complexity index is 1470. The first-order valence-electron chi connectivity index (χ1n) is 13.2. The van der Waals surface area contributed by atoms with E-state index in [0.717, 1.165) is 29.7 Å². The molecule has 2 aliphatic heterocycles. The van der Waals surface area contributed by atoms with Crippen molar-refractivity contribution in [3.05, 3.63) is 77.9 Å². The summed E-state index contributed by atoms with van der Waals surface area (Å²) in [5, 5.41) is 3.16. The Hall–Kier alpha value is -3.72. The standard InChI is InChI=1S/C30H34N2O6S/c1-5-30(6-2)18-24(23-9-7-8-10-26(23)38-30)31-29(33)28-19-32(25-17-20(3)11-16-27(25)37-28)39(34,35)22-14-12-21(36-4)13-15-22/h7-17,24,28H,5-6,18-19H2,1-4H3,(H,31,33). The first-order chi connectivity index (χ1) is 18.7. The maximum atomic E-state index is 13.8. The van der Waals surface area contributed by atoms with Gasteiger partial charge in [0.05, 0.1) is 30.3 Å². The smallest absolute Gasteiger partial charge is 0.264 e. The van der Waals surface area contributed by atoms with Crippen molar-refractivity contribution in [3.63, 3.8) is 0 Å². The number of fused-ring (bicyclic) bond motifs is 2. The van der Waals surface area contributed by atoms with Crippen LogP contribution in [0.3, 0.4) is 0 Å². The van der Waals surface area contributed by atoms with Crippen LogP contribution in [0.15, 0.2) is 71.6 Å². The minimum Gasteiger partial charge on any atom is -0.497 e. The van der Waals surface area contributed by atoms with Gasteiger partial charge in [0.2, 0.25) is 0 Å². The molecule has 2 atom stereocenters. The number of sulfonamides is 1. The number of carbonyl (C=O) groups is 1. The van der Waals surface area contributed by atoms with Gasteiger partial charge in [-0.15, -0.1) is 0 Å². The summed E-state index contributed by atoms with van der Waals surface area (Å²) in [5.41, 5.74) is 1.79. The van der Waals surface area contributed by atoms with Gasteiger partial charge in [0.25, 0.3) is 15.9 Å². The molecule has 0 aliphatic carbocycles. The zero-order valence-electron chi connectivity index (χ0n) is 22.6. The fourth-order valence-electron chi connectivity index (χ4n) is 5.30. The van der Waals surface area contributed by atoms with Gasteiger partial charge in [0.1, 0.15) is 22.8 Å². The molecule has 206 valence electrons. The molecule has 0 aromatic heterocycles. The minimum absolute atomic E-state index is 0.103. The van der Waals surface area contributed by atoms with Crippen molar-refractivity contribution in [1.29, 1.82) is 0 Å². The van der Waals surface area contributed by atoms with Gasteiger partial charge in [-0.25, -0.2) is 8.42 Å². The van der Waals surface area contributed by atoms with Crippen LogP contribution in [0.1, 0.15) is 50.3 Å². The Kier molecular flexibility index (Phi) is 7.20. The van der Waals surface area contributed by atoms with E-state index in [1.807, 2.05) is 37.3 Å². The second kappa shape index (κ2) is 10.4. The number of aryl methyl sites for hydroxylation is 1. The molecule has 3 aromatic rings. The fourth-order valence-corrected chi connectivity index (χ4v) is 6.76. The summed E-state index contributed by atoms with van der Waals surface area (Å²) in [7, 11) is -2.47. The highest BCUT2D eigenvalue weighted by atomic mass is 32.2. The van der Waals surface area contributed by atoms with Crippen LogP contribution in [0.5, 0.6) is 17.2 Å². The molecule has 0 saturated carbocycles. The highest BCUT2D eigenvalue weighted by Gasteiger charge is 2.42. The van der Waals surface area contributed by atoms with Gasteiger partial charge in [-0.2, -0.15) is 0 Å². The topological polar surface area (TPSA) is 94.2 Å². The van der Waals surface area contributed by atoms with Gasteiger partial charge in [-0.1, -0.05) is 38.1 Å². The van der Waals surface area contributed by atoms with Gasteiger partial charge in [-0.3, -0.25) is 9.10 Å². The van der Waals surface area contributed by atoms with Crippen LogP contribution in [0, 0.1) is 6.92 Å². The van der Waals surface area contributed by atoms with E-state index in [-0.39, 0.29) is 23.4 Å². The zero-order chi connectivity index (χ0) is 27.8. The molecule has 39 heavy (non-hydrogen) atoms. The predicted molar refractivity (Wildman–Crippen MR) is 149 cm³/mol. The fraction of sp³-hybridized carbons (Fsp3) is 0.367. The van der Waals surface area contributed by atoms with Crippen LogP contribution in [0.2, 0.25) is 0 Å².